The fourth-order valence-electron chi connectivity index (χ4n) is 1.09. The number of phenols is 1. The molecule has 0 amide bonds. The summed E-state index contributed by atoms with van der Waals surface area (Å²) in [5, 5.41) is 10.3. The molecule has 0 atom stereocenters. The second-order valence-corrected chi connectivity index (χ2v) is 2.93. The third kappa shape index (κ3) is 3.19. The van der Waals surface area contributed by atoms with E-state index in [9.17, 15) is 5.11 Å². The molecule has 5 N–H and O–H groups in total. The number of hydrogen-bond donors (Lipinski definition) is 3. The van der Waals surface area contributed by atoms with Crippen LogP contribution in [0, 0.1) is 0 Å². The number of nitrogens with two attached hydrogens (primary N) is 2. The van der Waals surface area contributed by atoms with Gasteiger partial charge in [0.25, 0.3) is 0 Å². The van der Waals surface area contributed by atoms with Crippen LogP contribution in [0.25, 0.3) is 10.9 Å². The van der Waals surface area contributed by atoms with Gasteiger partial charge in [-0.3, -0.25) is 4.98 Å². The number of fused-ring (bicyclic) bond motifs is 1. The highest BCUT2D eigenvalue weighted by molar-refractivity contribution is 5.83. The van der Waals surface area contributed by atoms with E-state index in [-0.39, 0.29) is 5.75 Å². The Morgan fingerprint density at radius 1 is 1.07 bits per heavy atom. The van der Waals surface area contributed by atoms with Crippen LogP contribution in [0.5, 0.6) is 5.75 Å². The SMILES string of the molecule is NCCN.Oc1cccc2cccnc12. The lowest BCUT2D eigenvalue weighted by atomic mass is 10.2. The van der Waals surface area contributed by atoms with E-state index in [1.807, 2.05) is 18.2 Å². The monoisotopic (exact) mass is 205 g/mol. The lowest BCUT2D eigenvalue weighted by Gasteiger charge is -1.96. The van der Waals surface area contributed by atoms with E-state index >= 15 is 0 Å². The van der Waals surface area contributed by atoms with E-state index in [0.717, 1.165) is 5.39 Å². The molecule has 1 aromatic heterocycles. The van der Waals surface area contributed by atoms with Crippen molar-refractivity contribution in [2.75, 3.05) is 13.1 Å². The maximum absolute atomic E-state index is 9.31. The highest BCUT2D eigenvalue weighted by Crippen LogP contribution is 2.20. The number of rotatable bonds is 1. The number of phenolic OH excluding ortho intramolecular Hbond substituents is 1. The summed E-state index contributed by atoms with van der Waals surface area (Å²) in [7, 11) is 0. The fourth-order valence-corrected chi connectivity index (χ4v) is 1.09. The molecule has 80 valence electrons. The van der Waals surface area contributed by atoms with Gasteiger partial charge < -0.3 is 16.6 Å². The summed E-state index contributed by atoms with van der Waals surface area (Å²) < 4.78 is 0. The highest BCUT2D eigenvalue weighted by atomic mass is 16.3. The molecule has 0 radical (unpaired) electrons. The minimum absolute atomic E-state index is 0.239. The zero-order chi connectivity index (χ0) is 11.1. The van der Waals surface area contributed by atoms with Crippen molar-refractivity contribution in [2.24, 2.45) is 11.5 Å². The first-order valence-corrected chi connectivity index (χ1v) is 4.72. The van der Waals surface area contributed by atoms with Crippen LogP contribution in [0.3, 0.4) is 0 Å². The van der Waals surface area contributed by atoms with Gasteiger partial charge in [0.15, 0.2) is 0 Å². The Balaban J connectivity index is 0.000000245. The molecule has 2 rings (SSSR count). The Bertz CT molecular complexity index is 410. The summed E-state index contributed by atoms with van der Waals surface area (Å²) in [5.74, 6) is 0.239. The number of pyridine rings is 1. The average molecular weight is 205 g/mol. The van der Waals surface area contributed by atoms with Gasteiger partial charge in [0.05, 0.1) is 0 Å². The lowest BCUT2D eigenvalue weighted by molar-refractivity contribution is 0.480. The number of hydrogen-bond acceptors (Lipinski definition) is 4. The second kappa shape index (κ2) is 5.95. The highest BCUT2D eigenvalue weighted by Gasteiger charge is 1.96. The van der Waals surface area contributed by atoms with Crippen molar-refractivity contribution >= 4 is 10.9 Å². The van der Waals surface area contributed by atoms with Gasteiger partial charge in [-0.05, 0) is 12.1 Å². The molecular weight excluding hydrogens is 190 g/mol. The molecule has 0 aliphatic carbocycles. The van der Waals surface area contributed by atoms with Gasteiger partial charge in [-0.25, -0.2) is 0 Å². The van der Waals surface area contributed by atoms with Crippen LogP contribution in [0.2, 0.25) is 0 Å². The smallest absolute Gasteiger partial charge is 0.141 e. The molecule has 0 unspecified atom stereocenters. The van der Waals surface area contributed by atoms with Crippen molar-refractivity contribution in [3.8, 4) is 5.75 Å². The molecule has 2 aromatic rings. The predicted molar refractivity (Wildman–Crippen MR) is 61.5 cm³/mol. The van der Waals surface area contributed by atoms with Gasteiger partial charge in [-0.1, -0.05) is 18.2 Å². The van der Waals surface area contributed by atoms with Crippen molar-refractivity contribution in [3.05, 3.63) is 36.5 Å². The lowest BCUT2D eigenvalue weighted by Crippen LogP contribution is -2.11. The van der Waals surface area contributed by atoms with E-state index in [1.165, 1.54) is 0 Å². The van der Waals surface area contributed by atoms with Crippen LogP contribution in [0.15, 0.2) is 36.5 Å². The van der Waals surface area contributed by atoms with Gasteiger partial charge in [0.1, 0.15) is 11.3 Å². The molecule has 4 nitrogen and oxygen atoms in total. The summed E-state index contributed by atoms with van der Waals surface area (Å²) in [6.07, 6.45) is 1.67. The van der Waals surface area contributed by atoms with Crippen LogP contribution in [-0.2, 0) is 0 Å². The van der Waals surface area contributed by atoms with Crippen LogP contribution in [0.4, 0.5) is 0 Å². The van der Waals surface area contributed by atoms with Gasteiger partial charge in [0, 0.05) is 24.7 Å². The van der Waals surface area contributed by atoms with Gasteiger partial charge in [0.2, 0.25) is 0 Å². The summed E-state index contributed by atoms with van der Waals surface area (Å²) in [5.41, 5.74) is 10.5. The number of aromatic hydroxyl groups is 1. The van der Waals surface area contributed by atoms with Crippen LogP contribution in [-0.4, -0.2) is 23.2 Å². The van der Waals surface area contributed by atoms with Gasteiger partial charge in [-0.2, -0.15) is 0 Å². The zero-order valence-corrected chi connectivity index (χ0v) is 8.43. The normalized spacial score (nSPS) is 9.47. The summed E-state index contributed by atoms with van der Waals surface area (Å²) >= 11 is 0. The Labute approximate surface area is 88.5 Å². The fraction of sp³-hybridized carbons (Fsp3) is 0.182. The van der Waals surface area contributed by atoms with Crippen molar-refractivity contribution < 1.29 is 5.11 Å². The average Bonchev–Trinajstić information content (AvgIpc) is 2.30. The minimum atomic E-state index is 0.239. The molecule has 0 saturated heterocycles. The van der Waals surface area contributed by atoms with Gasteiger partial charge in [-0.15, -0.1) is 0 Å². The Morgan fingerprint density at radius 2 is 1.73 bits per heavy atom. The number of aromatic nitrogens is 1. The van der Waals surface area contributed by atoms with Crippen LogP contribution in [0.1, 0.15) is 0 Å². The number of para-hydroxylation sites is 1. The summed E-state index contributed by atoms with van der Waals surface area (Å²) in [6, 6.07) is 9.13. The molecular formula is C11H15N3O. The van der Waals surface area contributed by atoms with Crippen molar-refractivity contribution in [1.82, 2.24) is 4.98 Å². The molecule has 0 aliphatic rings. The maximum Gasteiger partial charge on any atom is 0.141 e. The van der Waals surface area contributed by atoms with E-state index in [0.29, 0.717) is 18.6 Å². The van der Waals surface area contributed by atoms with Crippen molar-refractivity contribution in [2.45, 2.75) is 0 Å². The molecule has 0 spiro atoms. The number of benzene rings is 1. The van der Waals surface area contributed by atoms with E-state index in [2.05, 4.69) is 4.98 Å². The molecule has 0 aliphatic heterocycles. The molecule has 15 heavy (non-hydrogen) atoms. The largest absolute Gasteiger partial charge is 0.506 e. The van der Waals surface area contributed by atoms with E-state index in [4.69, 9.17) is 11.5 Å². The van der Waals surface area contributed by atoms with Crippen LogP contribution >= 0.6 is 0 Å². The van der Waals surface area contributed by atoms with Crippen molar-refractivity contribution in [1.29, 1.82) is 0 Å². The quantitative estimate of drug-likeness (QED) is 0.644. The van der Waals surface area contributed by atoms with E-state index < -0.39 is 0 Å². The second-order valence-electron chi connectivity index (χ2n) is 2.93. The zero-order valence-electron chi connectivity index (χ0n) is 8.43. The molecule has 0 bridgehead atoms. The topological polar surface area (TPSA) is 85.2 Å². The third-order valence-electron chi connectivity index (χ3n) is 1.78. The minimum Gasteiger partial charge on any atom is -0.506 e. The van der Waals surface area contributed by atoms with Crippen LogP contribution < -0.4 is 11.5 Å². The molecule has 0 saturated carbocycles. The third-order valence-corrected chi connectivity index (χ3v) is 1.78. The Kier molecular flexibility index (Phi) is 4.53. The standard InChI is InChI=1S/C9H7NO.C2H8N2/c11-8-5-1-3-7-4-2-6-10-9(7)8;3-1-2-4/h1-6,11H;1-4H2. The molecule has 0 fully saturated rings. The summed E-state index contributed by atoms with van der Waals surface area (Å²) in [4.78, 5) is 4.03. The van der Waals surface area contributed by atoms with E-state index in [1.54, 1.807) is 18.3 Å². The Hall–Kier alpha value is -1.65. The van der Waals surface area contributed by atoms with Crippen molar-refractivity contribution in [3.63, 3.8) is 0 Å². The first kappa shape index (κ1) is 11.4. The Morgan fingerprint density at radius 3 is 2.33 bits per heavy atom. The molecule has 1 aromatic carbocycles. The number of nitrogens with zero attached hydrogens (tertiary/aromatic N) is 1. The first-order valence-electron chi connectivity index (χ1n) is 4.72. The molecule has 1 heterocycles. The first-order chi connectivity index (χ1) is 7.29. The predicted octanol–water partition coefficient (Wildman–Crippen LogP) is 0.844. The summed E-state index contributed by atoms with van der Waals surface area (Å²) in [6.45, 7) is 1.19. The van der Waals surface area contributed by atoms with Gasteiger partial charge >= 0.3 is 0 Å². The maximum atomic E-state index is 9.31. The molecule has 4 heteroatoms.